The molecule has 1 aliphatic rings. The number of ether oxygens (including phenoxy) is 2. The first kappa shape index (κ1) is 19.8. The van der Waals surface area contributed by atoms with E-state index >= 15 is 0 Å². The van der Waals surface area contributed by atoms with Crippen LogP contribution in [0.4, 0.5) is 11.5 Å². The van der Waals surface area contributed by atoms with E-state index in [2.05, 4.69) is 15.7 Å². The Morgan fingerprint density at radius 3 is 2.67 bits per heavy atom. The molecule has 0 saturated carbocycles. The second-order valence-electron chi connectivity index (χ2n) is 6.68. The van der Waals surface area contributed by atoms with Crippen LogP contribution in [0.1, 0.15) is 12.5 Å². The molecule has 30 heavy (non-hydrogen) atoms. The largest absolute Gasteiger partial charge is 0.497 e. The van der Waals surface area contributed by atoms with E-state index in [1.807, 2.05) is 24.3 Å². The van der Waals surface area contributed by atoms with Crippen LogP contribution in [0.25, 0.3) is 11.1 Å². The molecule has 9 heteroatoms. The quantitative estimate of drug-likeness (QED) is 0.626. The summed E-state index contributed by atoms with van der Waals surface area (Å²) in [6.45, 7) is 0. The number of amides is 2. The van der Waals surface area contributed by atoms with Gasteiger partial charge in [0.15, 0.2) is 0 Å². The highest BCUT2D eigenvalue weighted by atomic mass is 35.5. The number of hydrogen-bond donors (Lipinski definition) is 2. The number of benzene rings is 2. The first-order valence-electron chi connectivity index (χ1n) is 9.16. The number of nitrogens with one attached hydrogen (secondary N) is 2. The highest BCUT2D eigenvalue weighted by Crippen LogP contribution is 2.36. The van der Waals surface area contributed by atoms with Crippen LogP contribution in [0.5, 0.6) is 11.5 Å². The number of halogens is 1. The summed E-state index contributed by atoms with van der Waals surface area (Å²) in [5.41, 5.74) is 2.09. The van der Waals surface area contributed by atoms with Crippen molar-refractivity contribution >= 4 is 34.9 Å². The van der Waals surface area contributed by atoms with Gasteiger partial charge >= 0.3 is 0 Å². The monoisotopic (exact) mass is 426 g/mol. The number of carbonyl (C=O) groups excluding carboxylic acids is 2. The lowest BCUT2D eigenvalue weighted by atomic mass is 10.1. The molecule has 1 atom stereocenters. The molecule has 8 nitrogen and oxygen atoms in total. The topological polar surface area (TPSA) is 94.5 Å². The van der Waals surface area contributed by atoms with Crippen LogP contribution in [0.15, 0.2) is 48.7 Å². The standard InChI is InChI=1S/C21H19ClN4O4/c1-29-14-6-3-12(4-7-14)15-11-23-26-17(21(28)25-20(15)26)10-19(27)24-16-9-13(22)5-8-18(16)30-2/h3-9,11,17H,10H2,1-2H3,(H,24,27)(H,25,28). The van der Waals surface area contributed by atoms with Crippen LogP contribution in [0.2, 0.25) is 5.02 Å². The van der Waals surface area contributed by atoms with Gasteiger partial charge in [-0.3, -0.25) is 9.59 Å². The van der Waals surface area contributed by atoms with E-state index in [0.717, 1.165) is 16.9 Å². The minimum atomic E-state index is -0.753. The summed E-state index contributed by atoms with van der Waals surface area (Å²) in [7, 11) is 3.10. The summed E-state index contributed by atoms with van der Waals surface area (Å²) < 4.78 is 12.0. The number of nitrogens with zero attached hydrogens (tertiary/aromatic N) is 2. The smallest absolute Gasteiger partial charge is 0.251 e. The molecule has 0 aliphatic carbocycles. The van der Waals surface area contributed by atoms with Crippen molar-refractivity contribution in [3.63, 3.8) is 0 Å². The Morgan fingerprint density at radius 1 is 1.20 bits per heavy atom. The molecule has 1 aliphatic heterocycles. The maximum Gasteiger partial charge on any atom is 0.251 e. The molecule has 2 heterocycles. The number of aromatic nitrogens is 2. The Morgan fingerprint density at radius 2 is 1.97 bits per heavy atom. The molecule has 3 aromatic rings. The summed E-state index contributed by atoms with van der Waals surface area (Å²) in [5.74, 6) is 1.12. The van der Waals surface area contributed by atoms with Gasteiger partial charge in [0.2, 0.25) is 5.91 Å². The normalized spacial score (nSPS) is 14.8. The van der Waals surface area contributed by atoms with Crippen LogP contribution in [-0.4, -0.2) is 35.8 Å². The molecule has 2 N–H and O–H groups in total. The van der Waals surface area contributed by atoms with Gasteiger partial charge in [0.05, 0.1) is 32.5 Å². The minimum Gasteiger partial charge on any atom is -0.497 e. The predicted molar refractivity (Wildman–Crippen MR) is 113 cm³/mol. The zero-order valence-corrected chi connectivity index (χ0v) is 17.1. The van der Waals surface area contributed by atoms with Gasteiger partial charge in [0.1, 0.15) is 23.4 Å². The molecule has 0 bridgehead atoms. The van der Waals surface area contributed by atoms with Crippen LogP contribution in [0.3, 0.4) is 0 Å². The minimum absolute atomic E-state index is 0.0851. The molecule has 2 aromatic carbocycles. The zero-order valence-electron chi connectivity index (χ0n) is 16.3. The van der Waals surface area contributed by atoms with Gasteiger partial charge in [-0.25, -0.2) is 4.68 Å². The highest BCUT2D eigenvalue weighted by molar-refractivity contribution is 6.31. The van der Waals surface area contributed by atoms with Gasteiger partial charge in [-0.05, 0) is 35.9 Å². The summed E-state index contributed by atoms with van der Waals surface area (Å²) in [6.07, 6.45) is 1.58. The number of hydrogen-bond acceptors (Lipinski definition) is 5. The summed E-state index contributed by atoms with van der Waals surface area (Å²) in [5, 5.41) is 10.4. The fraction of sp³-hybridized carbons (Fsp3) is 0.190. The molecule has 0 saturated heterocycles. The first-order chi connectivity index (χ1) is 14.5. The van der Waals surface area contributed by atoms with Crippen molar-refractivity contribution in [1.29, 1.82) is 0 Å². The SMILES string of the molecule is COc1ccc(-c2cnn3c2NC(=O)C3CC(=O)Nc2cc(Cl)ccc2OC)cc1. The highest BCUT2D eigenvalue weighted by Gasteiger charge is 2.35. The fourth-order valence-corrected chi connectivity index (χ4v) is 3.52. The number of methoxy groups -OCH3 is 2. The average molecular weight is 427 g/mol. The van der Waals surface area contributed by atoms with Crippen molar-refractivity contribution < 1.29 is 19.1 Å². The fourth-order valence-electron chi connectivity index (χ4n) is 3.35. The third-order valence-electron chi connectivity index (χ3n) is 4.85. The summed E-state index contributed by atoms with van der Waals surface area (Å²) in [6, 6.07) is 11.6. The van der Waals surface area contributed by atoms with Gasteiger partial charge in [0.25, 0.3) is 5.91 Å². The molecular formula is C21H19ClN4O4. The van der Waals surface area contributed by atoms with Crippen molar-refractivity contribution in [2.24, 2.45) is 0 Å². The third kappa shape index (κ3) is 3.69. The third-order valence-corrected chi connectivity index (χ3v) is 5.09. The number of carbonyl (C=O) groups is 2. The van der Waals surface area contributed by atoms with E-state index in [9.17, 15) is 9.59 Å². The van der Waals surface area contributed by atoms with Crippen molar-refractivity contribution in [2.75, 3.05) is 24.9 Å². The number of fused-ring (bicyclic) bond motifs is 1. The lowest BCUT2D eigenvalue weighted by Crippen LogP contribution is -2.23. The first-order valence-corrected chi connectivity index (χ1v) is 9.54. The van der Waals surface area contributed by atoms with E-state index in [1.165, 1.54) is 11.8 Å². The van der Waals surface area contributed by atoms with Gasteiger partial charge in [0, 0.05) is 10.6 Å². The zero-order chi connectivity index (χ0) is 21.3. The average Bonchev–Trinajstić information content (AvgIpc) is 3.27. The Kier molecular flexibility index (Phi) is 5.33. The molecule has 1 aromatic heterocycles. The van der Waals surface area contributed by atoms with Gasteiger partial charge in [-0.15, -0.1) is 0 Å². The van der Waals surface area contributed by atoms with Gasteiger partial charge < -0.3 is 20.1 Å². The van der Waals surface area contributed by atoms with Crippen LogP contribution in [-0.2, 0) is 9.59 Å². The van der Waals surface area contributed by atoms with Crippen LogP contribution in [0, 0.1) is 0 Å². The van der Waals surface area contributed by atoms with E-state index in [1.54, 1.807) is 31.5 Å². The Bertz CT molecular complexity index is 1110. The molecule has 0 spiro atoms. The second kappa shape index (κ2) is 8.08. The van der Waals surface area contributed by atoms with E-state index in [0.29, 0.717) is 22.3 Å². The maximum atomic E-state index is 12.6. The Hall–Kier alpha value is -3.52. The van der Waals surface area contributed by atoms with Gasteiger partial charge in [-0.1, -0.05) is 23.7 Å². The van der Waals surface area contributed by atoms with Crippen molar-refractivity contribution in [3.8, 4) is 22.6 Å². The number of anilines is 2. The van der Waals surface area contributed by atoms with Crippen LogP contribution < -0.4 is 20.1 Å². The lowest BCUT2D eigenvalue weighted by Gasteiger charge is -2.12. The predicted octanol–water partition coefficient (Wildman–Crippen LogP) is 3.74. The van der Waals surface area contributed by atoms with E-state index < -0.39 is 6.04 Å². The maximum absolute atomic E-state index is 12.6. The molecule has 4 rings (SSSR count). The molecule has 2 amide bonds. The van der Waals surface area contributed by atoms with E-state index in [-0.39, 0.29) is 18.2 Å². The molecule has 154 valence electrons. The summed E-state index contributed by atoms with van der Waals surface area (Å²) in [4.78, 5) is 25.1. The van der Waals surface area contributed by atoms with Crippen LogP contribution >= 0.6 is 11.6 Å². The second-order valence-corrected chi connectivity index (χ2v) is 7.12. The van der Waals surface area contributed by atoms with Crippen molar-refractivity contribution in [2.45, 2.75) is 12.5 Å². The Labute approximate surface area is 177 Å². The van der Waals surface area contributed by atoms with Crippen molar-refractivity contribution in [1.82, 2.24) is 9.78 Å². The molecular weight excluding hydrogens is 408 g/mol. The van der Waals surface area contributed by atoms with E-state index in [4.69, 9.17) is 21.1 Å². The lowest BCUT2D eigenvalue weighted by molar-refractivity contribution is -0.123. The van der Waals surface area contributed by atoms with Gasteiger partial charge in [-0.2, -0.15) is 5.10 Å². The molecule has 1 unspecified atom stereocenters. The van der Waals surface area contributed by atoms with Crippen molar-refractivity contribution in [3.05, 3.63) is 53.7 Å². The molecule has 0 radical (unpaired) electrons. The molecule has 0 fully saturated rings. The Balaban J connectivity index is 1.53. The number of rotatable bonds is 6. The summed E-state index contributed by atoms with van der Waals surface area (Å²) >= 11 is 6.00.